The van der Waals surface area contributed by atoms with Crippen molar-refractivity contribution in [1.29, 1.82) is 0 Å². The minimum Gasteiger partial charge on any atom is -0.504 e. The molecule has 0 bridgehead atoms. The van der Waals surface area contributed by atoms with E-state index in [0.717, 1.165) is 29.1 Å². The number of nitrogen functional groups attached to an aromatic ring is 1. The summed E-state index contributed by atoms with van der Waals surface area (Å²) in [6.45, 7) is 4.15. The maximum absolute atomic E-state index is 13.6. The number of nitrogens with one attached hydrogen (secondary N) is 2. The third-order valence-electron chi connectivity index (χ3n) is 10.3. The second-order valence-electron chi connectivity index (χ2n) is 14.1. The number of thiazole rings is 1. The van der Waals surface area contributed by atoms with Crippen molar-refractivity contribution >= 4 is 107 Å². The van der Waals surface area contributed by atoms with Gasteiger partial charge in [-0.25, -0.2) is 14.6 Å². The highest BCUT2D eigenvalue weighted by molar-refractivity contribution is 8.00. The van der Waals surface area contributed by atoms with Gasteiger partial charge in [0.2, 0.25) is 11.5 Å². The number of fused-ring (bicyclic) bond motifs is 2. The van der Waals surface area contributed by atoms with Crippen LogP contribution < -0.4 is 27.1 Å². The first kappa shape index (κ1) is 44.1. The van der Waals surface area contributed by atoms with Crippen LogP contribution in [-0.4, -0.2) is 142 Å². The first-order chi connectivity index (χ1) is 28.4. The zero-order valence-corrected chi connectivity index (χ0v) is 35.1. The van der Waals surface area contributed by atoms with Crippen molar-refractivity contribution in [2.24, 2.45) is 5.16 Å². The van der Waals surface area contributed by atoms with Gasteiger partial charge < -0.3 is 55.8 Å². The summed E-state index contributed by atoms with van der Waals surface area (Å²) in [7, 11) is 2.23. The highest BCUT2D eigenvalue weighted by Gasteiger charge is 2.55. The number of carbonyl (C=O) groups is 6. The molecule has 4 atom stereocenters. The summed E-state index contributed by atoms with van der Waals surface area (Å²) in [6.07, 6.45) is 0.0162. The van der Waals surface area contributed by atoms with Crippen molar-refractivity contribution < 1.29 is 63.6 Å². The third-order valence-corrected chi connectivity index (χ3v) is 13.3. The highest BCUT2D eigenvalue weighted by Crippen LogP contribution is 2.42. The first-order valence-corrected chi connectivity index (χ1v) is 21.0. The quantitative estimate of drug-likeness (QED) is 0.0235. The van der Waals surface area contributed by atoms with Gasteiger partial charge >= 0.3 is 17.9 Å². The molecule has 3 aliphatic rings. The van der Waals surface area contributed by atoms with E-state index in [4.69, 9.17) is 27.3 Å². The number of β-lactam (4-membered cyclic amide) rings is 1. The Balaban J connectivity index is 1.18. The summed E-state index contributed by atoms with van der Waals surface area (Å²) in [5, 5.41) is 57.2. The van der Waals surface area contributed by atoms with Crippen molar-refractivity contribution in [3.8, 4) is 11.5 Å². The summed E-state index contributed by atoms with van der Waals surface area (Å²) >= 11 is 8.15. The fourth-order valence-electron chi connectivity index (χ4n) is 7.46. The summed E-state index contributed by atoms with van der Waals surface area (Å²) in [5.74, 6) is -7.85. The first-order valence-electron chi connectivity index (χ1n) is 18.2. The van der Waals surface area contributed by atoms with E-state index in [1.54, 1.807) is 11.5 Å². The number of hydrogen-bond acceptors (Lipinski definition) is 15. The van der Waals surface area contributed by atoms with E-state index in [9.17, 15) is 54.0 Å². The maximum atomic E-state index is 13.6. The minimum atomic E-state index is -2.01. The number of aliphatic carboxylic acids is 3. The van der Waals surface area contributed by atoms with Crippen LogP contribution in [0.5, 0.6) is 11.5 Å². The van der Waals surface area contributed by atoms with Crippen LogP contribution in [0.3, 0.4) is 0 Å². The van der Waals surface area contributed by atoms with E-state index >= 15 is 0 Å². The number of nitrogens with zero attached hydrogens (tertiary/aromatic N) is 5. The molecule has 3 aliphatic heterocycles. The molecule has 9 N–H and O–H groups in total. The standard InChI is InChI=1S/C35H38ClN8O13PS2/c1-2-42-11-15(25(48)20-16(42)9-17(45)26(49)27(20)58)29(50)38-5-8-44(6-3-4-7-44)12-14-13-59-32-23(31(52)43(32)24(14)34(55)56)39-30(51)22(21-28(36)60-35(37)40-21)41-57-18(33(53)54)10-19(46)47/h9,11,18,23,32H,2-8,10,12-13,58H2,1H3,(H8-,37,38,39,40,41,45,46,47,48,49,50,51,53,54,55,56)/p+1/t18-,23+,32+/m0/s1. The van der Waals surface area contributed by atoms with Crippen LogP contribution in [0.2, 0.25) is 4.34 Å². The van der Waals surface area contributed by atoms with Gasteiger partial charge in [0, 0.05) is 48.3 Å². The summed E-state index contributed by atoms with van der Waals surface area (Å²) in [5.41, 5.74) is 4.45. The fourth-order valence-corrected chi connectivity index (χ4v) is 10.2. The average Bonchev–Trinajstić information content (AvgIpc) is 3.79. The second-order valence-corrected chi connectivity index (χ2v) is 17.4. The number of oxime groups is 1. The lowest BCUT2D eigenvalue weighted by atomic mass is 10.0. The Labute approximate surface area is 354 Å². The number of aromatic nitrogens is 2. The minimum absolute atomic E-state index is 0.0536. The molecule has 0 saturated carbocycles. The molecule has 5 heterocycles. The van der Waals surface area contributed by atoms with E-state index in [1.165, 1.54) is 24.0 Å². The normalized spacial score (nSPS) is 19.1. The van der Waals surface area contributed by atoms with Crippen molar-refractivity contribution in [2.75, 3.05) is 44.2 Å². The van der Waals surface area contributed by atoms with Crippen LogP contribution in [0.15, 0.2) is 33.5 Å². The molecule has 3 aromatic rings. The van der Waals surface area contributed by atoms with Gasteiger partial charge in [-0.2, -0.15) is 0 Å². The molecule has 60 heavy (non-hydrogen) atoms. The van der Waals surface area contributed by atoms with Crippen LogP contribution >= 0.6 is 43.9 Å². The SMILES string of the molecule is CCn1cc(C(=O)NCC[N+]2(CC3=C(C(=O)O)N4C(=O)[C@@H](NC(=O)/C(=N\O[C@@H](CC(=O)O)C(=O)O)c5nc(N)sc5Cl)[C@H]4SC3)CCCC2)c(=O)c2c(P)c(O)c(O)cc21. The van der Waals surface area contributed by atoms with E-state index in [2.05, 4.69) is 30.0 Å². The molecule has 3 amide bonds. The number of quaternary nitrogens is 1. The van der Waals surface area contributed by atoms with Crippen molar-refractivity contribution in [2.45, 2.75) is 50.3 Å². The van der Waals surface area contributed by atoms with Gasteiger partial charge in [-0.15, -0.1) is 21.0 Å². The second kappa shape index (κ2) is 17.6. The molecule has 2 aromatic heterocycles. The molecular weight excluding hydrogens is 871 g/mol. The third kappa shape index (κ3) is 8.57. The van der Waals surface area contributed by atoms with Crippen LogP contribution in [0.1, 0.15) is 42.2 Å². The van der Waals surface area contributed by atoms with E-state index in [1.807, 2.05) is 0 Å². The molecule has 25 heteroatoms. The van der Waals surface area contributed by atoms with Crippen molar-refractivity contribution in [1.82, 2.24) is 25.1 Å². The van der Waals surface area contributed by atoms with Crippen molar-refractivity contribution in [3.63, 3.8) is 0 Å². The van der Waals surface area contributed by atoms with Crippen LogP contribution in [-0.2, 0) is 35.4 Å². The lowest BCUT2D eigenvalue weighted by Gasteiger charge is -2.50. The molecule has 320 valence electrons. The Morgan fingerprint density at radius 3 is 2.47 bits per heavy atom. The molecule has 2 fully saturated rings. The number of rotatable bonds is 16. The molecule has 0 aliphatic carbocycles. The van der Waals surface area contributed by atoms with Gasteiger partial charge in [-0.1, -0.05) is 28.1 Å². The van der Waals surface area contributed by atoms with Gasteiger partial charge in [-0.3, -0.25) is 28.9 Å². The molecule has 2 saturated heterocycles. The average molecular weight is 910 g/mol. The topological polar surface area (TPSA) is 313 Å². The highest BCUT2D eigenvalue weighted by atomic mass is 35.5. The predicted octanol–water partition coefficient (Wildman–Crippen LogP) is 0.0529. The lowest BCUT2D eigenvalue weighted by Crippen LogP contribution is -2.71. The number of anilines is 1. The van der Waals surface area contributed by atoms with E-state index < -0.39 is 82.2 Å². The number of likely N-dealkylation sites (tertiary alicyclic amines) is 1. The number of hydrogen-bond donors (Lipinski definition) is 8. The van der Waals surface area contributed by atoms with Gasteiger partial charge in [0.25, 0.3) is 17.7 Å². The Kier molecular flexibility index (Phi) is 12.9. The Hall–Kier alpha value is -5.48. The number of amides is 3. The van der Waals surface area contributed by atoms with E-state index in [0.29, 0.717) is 41.8 Å². The molecule has 21 nitrogen and oxygen atoms in total. The summed E-state index contributed by atoms with van der Waals surface area (Å²) in [6, 6.07) is -0.0177. The van der Waals surface area contributed by atoms with Crippen LogP contribution in [0.4, 0.5) is 5.13 Å². The summed E-state index contributed by atoms with van der Waals surface area (Å²) < 4.78 is 1.85. The number of pyridine rings is 1. The largest absolute Gasteiger partial charge is 0.504 e. The fraction of sp³-hybridized carbons (Fsp3) is 0.400. The lowest BCUT2D eigenvalue weighted by molar-refractivity contribution is -0.911. The number of carbonyl (C=O) groups excluding carboxylic acids is 3. The van der Waals surface area contributed by atoms with Crippen LogP contribution in [0.25, 0.3) is 10.9 Å². The van der Waals surface area contributed by atoms with Gasteiger partial charge in [-0.05, 0) is 6.92 Å². The molecular formula is C35H39ClN8O13PS2+. The van der Waals surface area contributed by atoms with Crippen LogP contribution in [0, 0.1) is 0 Å². The smallest absolute Gasteiger partial charge is 0.352 e. The Morgan fingerprint density at radius 2 is 1.87 bits per heavy atom. The molecule has 1 unspecified atom stereocenters. The predicted molar refractivity (Wildman–Crippen MR) is 220 cm³/mol. The Bertz CT molecular complexity index is 2450. The van der Waals surface area contributed by atoms with Gasteiger partial charge in [0.05, 0.1) is 43.5 Å². The maximum Gasteiger partial charge on any atom is 0.352 e. The monoisotopic (exact) mass is 909 g/mol. The number of halogens is 1. The van der Waals surface area contributed by atoms with E-state index in [-0.39, 0.29) is 56.0 Å². The molecule has 1 aromatic carbocycles. The number of thioether (sulfide) groups is 1. The zero-order valence-electron chi connectivity index (χ0n) is 31.5. The number of nitrogens with two attached hydrogens (primary N) is 1. The molecule has 6 rings (SSSR count). The number of benzene rings is 1. The molecule has 0 spiro atoms. The number of phenols is 2. The molecule has 0 radical (unpaired) electrons. The number of aryl methyl sites for hydroxylation is 1. The number of carboxylic acids is 3. The van der Waals surface area contributed by atoms with Crippen molar-refractivity contribution in [3.05, 3.63) is 49.4 Å². The summed E-state index contributed by atoms with van der Waals surface area (Å²) in [4.78, 5) is 99.6. The number of aromatic hydroxyl groups is 2. The van der Waals surface area contributed by atoms with Gasteiger partial charge in [0.1, 0.15) is 39.3 Å². The van der Waals surface area contributed by atoms with Gasteiger partial charge in [0.15, 0.2) is 22.3 Å². The number of carboxylic acid groups (broad SMARTS) is 3. The number of phenolic OH excluding ortho intramolecular Hbond substituents is 2. The Morgan fingerprint density at radius 1 is 1.17 bits per heavy atom. The zero-order chi connectivity index (χ0) is 43.8.